The van der Waals surface area contributed by atoms with Crippen molar-refractivity contribution in [3.8, 4) is 34.1 Å². The highest BCUT2D eigenvalue weighted by molar-refractivity contribution is 8.00. The van der Waals surface area contributed by atoms with Crippen LogP contribution < -0.4 is 14.2 Å². The monoisotopic (exact) mass is 510 g/mol. The van der Waals surface area contributed by atoms with E-state index in [9.17, 15) is 9.65 Å². The number of hydrogen-bond donors (Lipinski definition) is 1. The topological polar surface area (TPSA) is 97.9 Å². The van der Waals surface area contributed by atoms with Crippen molar-refractivity contribution in [2.45, 2.75) is 19.8 Å². The number of benzene rings is 2. The lowest BCUT2D eigenvalue weighted by atomic mass is 10.1. The Balaban J connectivity index is 1.65. The lowest BCUT2D eigenvalue weighted by molar-refractivity contribution is 0.391. The average Bonchev–Trinajstić information content (AvgIpc) is 3.53. The first-order valence-electron chi connectivity index (χ1n) is 10.8. The highest BCUT2D eigenvalue weighted by Gasteiger charge is 2.24. The second-order valence-electron chi connectivity index (χ2n) is 7.31. The number of hydrogen-bond acceptors (Lipinski definition) is 9. The lowest BCUT2D eigenvalue weighted by Gasteiger charge is -2.17. The largest absolute Gasteiger partial charge is 0.494 e. The Morgan fingerprint density at radius 2 is 1.94 bits per heavy atom. The van der Waals surface area contributed by atoms with Gasteiger partial charge in [-0.3, -0.25) is 9.29 Å². The molecule has 0 amide bonds. The zero-order valence-corrected chi connectivity index (χ0v) is 21.0. The van der Waals surface area contributed by atoms with E-state index in [2.05, 4.69) is 26.8 Å². The molecule has 11 heteroatoms. The van der Waals surface area contributed by atoms with Crippen LogP contribution in [0.25, 0.3) is 16.5 Å². The molecule has 0 atom stereocenters. The summed E-state index contributed by atoms with van der Waals surface area (Å²) < 4.78 is 29.8. The SMILES string of the molecule is CCc1csc(-c2nnc(NSCCc3ccc(F)cc3C#N)n2-c2c(OC)cccc2OC)n1. The van der Waals surface area contributed by atoms with E-state index in [0.29, 0.717) is 46.7 Å². The molecule has 35 heavy (non-hydrogen) atoms. The second kappa shape index (κ2) is 11.2. The normalized spacial score (nSPS) is 10.7. The molecule has 4 rings (SSSR count). The molecule has 0 spiro atoms. The molecule has 4 aromatic rings. The molecule has 0 aliphatic carbocycles. The van der Waals surface area contributed by atoms with Crippen molar-refractivity contribution in [3.63, 3.8) is 0 Å². The number of nitrogens with zero attached hydrogens (tertiary/aromatic N) is 5. The molecule has 8 nitrogen and oxygen atoms in total. The van der Waals surface area contributed by atoms with E-state index in [1.54, 1.807) is 20.3 Å². The average molecular weight is 511 g/mol. The fourth-order valence-electron chi connectivity index (χ4n) is 3.47. The quantitative estimate of drug-likeness (QED) is 0.227. The number of aromatic nitrogens is 4. The molecule has 180 valence electrons. The van der Waals surface area contributed by atoms with Crippen molar-refractivity contribution in [2.75, 3.05) is 24.7 Å². The van der Waals surface area contributed by atoms with E-state index in [1.807, 2.05) is 34.2 Å². The van der Waals surface area contributed by atoms with E-state index in [4.69, 9.17) is 9.47 Å². The van der Waals surface area contributed by atoms with Gasteiger partial charge in [0.25, 0.3) is 0 Å². The molecule has 0 saturated heterocycles. The van der Waals surface area contributed by atoms with Gasteiger partial charge in [0.2, 0.25) is 5.95 Å². The molecule has 0 fully saturated rings. The molecule has 0 aliphatic rings. The van der Waals surface area contributed by atoms with Crippen molar-refractivity contribution >= 4 is 29.2 Å². The number of para-hydroxylation sites is 1. The lowest BCUT2D eigenvalue weighted by Crippen LogP contribution is -2.07. The minimum atomic E-state index is -0.420. The Morgan fingerprint density at radius 3 is 2.60 bits per heavy atom. The van der Waals surface area contributed by atoms with Crippen LogP contribution in [0.1, 0.15) is 23.7 Å². The minimum absolute atomic E-state index is 0.338. The van der Waals surface area contributed by atoms with Gasteiger partial charge in [0.15, 0.2) is 10.8 Å². The van der Waals surface area contributed by atoms with Gasteiger partial charge in [-0.15, -0.1) is 21.5 Å². The van der Waals surface area contributed by atoms with Crippen molar-refractivity contribution in [1.82, 2.24) is 19.7 Å². The van der Waals surface area contributed by atoms with E-state index in [-0.39, 0.29) is 0 Å². The summed E-state index contributed by atoms with van der Waals surface area (Å²) in [5, 5.41) is 20.8. The number of nitrogens with one attached hydrogen (secondary N) is 1. The van der Waals surface area contributed by atoms with Crippen LogP contribution in [0.3, 0.4) is 0 Å². The number of ether oxygens (including phenoxy) is 2. The Bertz CT molecular complexity index is 1340. The number of rotatable bonds is 10. The number of aryl methyl sites for hydroxylation is 2. The molecule has 2 aromatic heterocycles. The van der Waals surface area contributed by atoms with E-state index in [1.165, 1.54) is 35.4 Å². The number of anilines is 1. The third-order valence-corrected chi connectivity index (χ3v) is 6.85. The predicted octanol–water partition coefficient (Wildman–Crippen LogP) is 5.28. The van der Waals surface area contributed by atoms with Crippen molar-refractivity contribution in [2.24, 2.45) is 0 Å². The maximum atomic E-state index is 13.4. The first-order chi connectivity index (χ1) is 17.1. The van der Waals surface area contributed by atoms with Gasteiger partial charge in [0.1, 0.15) is 23.0 Å². The van der Waals surface area contributed by atoms with Gasteiger partial charge < -0.3 is 9.47 Å². The molecule has 0 radical (unpaired) electrons. The summed E-state index contributed by atoms with van der Waals surface area (Å²) in [5.41, 5.74) is 2.75. The highest BCUT2D eigenvalue weighted by atomic mass is 32.2. The van der Waals surface area contributed by atoms with E-state index in [0.717, 1.165) is 22.7 Å². The van der Waals surface area contributed by atoms with Crippen LogP contribution >= 0.6 is 23.3 Å². The maximum absolute atomic E-state index is 13.4. The number of nitriles is 1. The zero-order chi connectivity index (χ0) is 24.8. The van der Waals surface area contributed by atoms with Crippen molar-refractivity contribution in [1.29, 1.82) is 5.26 Å². The summed E-state index contributed by atoms with van der Waals surface area (Å²) in [6.07, 6.45) is 1.39. The van der Waals surface area contributed by atoms with Crippen LogP contribution in [-0.2, 0) is 12.8 Å². The van der Waals surface area contributed by atoms with Crippen LogP contribution in [0.15, 0.2) is 41.8 Å². The van der Waals surface area contributed by atoms with Crippen LogP contribution in [0, 0.1) is 17.1 Å². The third kappa shape index (κ3) is 5.23. The molecule has 1 N–H and O–H groups in total. The fourth-order valence-corrected chi connectivity index (χ4v) is 5.03. The molecule has 0 aliphatic heterocycles. The second-order valence-corrected chi connectivity index (χ2v) is 9.06. The summed E-state index contributed by atoms with van der Waals surface area (Å²) in [7, 11) is 3.19. The first kappa shape index (κ1) is 24.5. The molecule has 0 unspecified atom stereocenters. The Labute approximate surface area is 210 Å². The summed E-state index contributed by atoms with van der Waals surface area (Å²) >= 11 is 2.90. The minimum Gasteiger partial charge on any atom is -0.494 e. The smallest absolute Gasteiger partial charge is 0.239 e. The van der Waals surface area contributed by atoms with Gasteiger partial charge in [0.05, 0.1) is 31.5 Å². The summed E-state index contributed by atoms with van der Waals surface area (Å²) in [5.74, 6) is 2.41. The Hall–Kier alpha value is -3.62. The van der Waals surface area contributed by atoms with E-state index >= 15 is 0 Å². The first-order valence-corrected chi connectivity index (χ1v) is 12.6. The summed E-state index contributed by atoms with van der Waals surface area (Å²) in [6.45, 7) is 2.05. The van der Waals surface area contributed by atoms with Crippen molar-refractivity contribution in [3.05, 3.63) is 64.4 Å². The summed E-state index contributed by atoms with van der Waals surface area (Å²) in [4.78, 5) is 4.69. The van der Waals surface area contributed by atoms with Crippen LogP contribution in [0.5, 0.6) is 11.5 Å². The summed E-state index contributed by atoms with van der Waals surface area (Å²) in [6, 6.07) is 11.8. The maximum Gasteiger partial charge on any atom is 0.239 e. The Morgan fingerprint density at radius 1 is 1.17 bits per heavy atom. The number of halogens is 1. The zero-order valence-electron chi connectivity index (χ0n) is 19.4. The molecule has 2 heterocycles. The van der Waals surface area contributed by atoms with Gasteiger partial charge >= 0.3 is 0 Å². The van der Waals surface area contributed by atoms with Crippen molar-refractivity contribution < 1.29 is 13.9 Å². The standard InChI is InChI=1S/C24H23FN6O2S2/c1-4-18-14-34-23(27-18)22-28-29-24(31(22)21-19(32-2)6-5-7-20(21)33-3)30-35-11-10-15-8-9-17(25)12-16(15)13-26/h5-9,12,14H,4,10-11H2,1-3H3,(H,29,30). The fraction of sp³-hybridized carbons (Fsp3) is 0.250. The highest BCUT2D eigenvalue weighted by Crippen LogP contribution is 2.38. The molecule has 0 saturated carbocycles. The number of thiazole rings is 1. The third-order valence-electron chi connectivity index (χ3n) is 5.22. The predicted molar refractivity (Wildman–Crippen MR) is 136 cm³/mol. The Kier molecular flexibility index (Phi) is 7.84. The van der Waals surface area contributed by atoms with E-state index < -0.39 is 5.82 Å². The molecular weight excluding hydrogens is 487 g/mol. The molecule has 0 bridgehead atoms. The van der Waals surface area contributed by atoms with Gasteiger partial charge in [0, 0.05) is 11.1 Å². The van der Waals surface area contributed by atoms with Gasteiger partial charge in [-0.05, 0) is 54.6 Å². The van der Waals surface area contributed by atoms with Gasteiger partial charge in [-0.1, -0.05) is 19.1 Å². The van der Waals surface area contributed by atoms with Crippen LogP contribution in [-0.4, -0.2) is 39.7 Å². The van der Waals surface area contributed by atoms with Gasteiger partial charge in [-0.25, -0.2) is 9.37 Å². The van der Waals surface area contributed by atoms with Crippen LogP contribution in [0.2, 0.25) is 0 Å². The van der Waals surface area contributed by atoms with Crippen LogP contribution in [0.4, 0.5) is 10.3 Å². The number of methoxy groups -OCH3 is 2. The molecule has 2 aromatic carbocycles. The van der Waals surface area contributed by atoms with Gasteiger partial charge in [-0.2, -0.15) is 5.26 Å². The molecular formula is C24H23FN6O2S2.